The van der Waals surface area contributed by atoms with Crippen LogP contribution in [0.15, 0.2) is 54.6 Å². The number of aryl methyl sites for hydroxylation is 1. The van der Waals surface area contributed by atoms with Gasteiger partial charge in [0.15, 0.2) is 18.5 Å². The Kier molecular flexibility index (Phi) is 9.06. The van der Waals surface area contributed by atoms with Crippen molar-refractivity contribution in [2.75, 3.05) is 6.61 Å². The van der Waals surface area contributed by atoms with E-state index in [0.717, 1.165) is 12.8 Å². The topological polar surface area (TPSA) is 81.7 Å². The summed E-state index contributed by atoms with van der Waals surface area (Å²) in [7, 11) is 0. The van der Waals surface area contributed by atoms with Crippen LogP contribution in [-0.2, 0) is 20.7 Å². The van der Waals surface area contributed by atoms with Crippen LogP contribution in [0.25, 0.3) is 0 Å². The van der Waals surface area contributed by atoms with Crippen molar-refractivity contribution in [3.05, 3.63) is 65.7 Å². The SMILES string of the molecule is CCC(=O)c1ccc(OCC(=O)O[C@H](C)C(=O)N[C@H](C)CCc2ccccc2)cc1. The molecule has 0 aliphatic carbocycles. The minimum Gasteiger partial charge on any atom is -0.482 e. The first-order chi connectivity index (χ1) is 14.4. The van der Waals surface area contributed by atoms with E-state index in [9.17, 15) is 14.4 Å². The summed E-state index contributed by atoms with van der Waals surface area (Å²) < 4.78 is 10.5. The first-order valence-electron chi connectivity index (χ1n) is 10.2. The van der Waals surface area contributed by atoms with Gasteiger partial charge >= 0.3 is 5.97 Å². The third-order valence-corrected chi connectivity index (χ3v) is 4.63. The van der Waals surface area contributed by atoms with E-state index in [-0.39, 0.29) is 24.3 Å². The summed E-state index contributed by atoms with van der Waals surface area (Å²) in [6, 6.07) is 16.6. The lowest BCUT2D eigenvalue weighted by molar-refractivity contribution is -0.156. The molecule has 1 amide bonds. The molecular weight excluding hydrogens is 382 g/mol. The predicted octanol–water partition coefficient (Wildman–Crippen LogP) is 3.73. The Bertz CT molecular complexity index is 832. The zero-order chi connectivity index (χ0) is 21.9. The first kappa shape index (κ1) is 23.1. The Morgan fingerprint density at radius 3 is 2.27 bits per heavy atom. The molecule has 0 unspecified atom stereocenters. The number of esters is 1. The Morgan fingerprint density at radius 2 is 1.63 bits per heavy atom. The molecule has 0 aliphatic heterocycles. The summed E-state index contributed by atoms with van der Waals surface area (Å²) in [6.45, 7) is 4.93. The fourth-order valence-electron chi connectivity index (χ4n) is 2.83. The summed E-state index contributed by atoms with van der Waals surface area (Å²) in [5.41, 5.74) is 1.81. The van der Waals surface area contributed by atoms with Gasteiger partial charge in [0.1, 0.15) is 5.75 Å². The van der Waals surface area contributed by atoms with Gasteiger partial charge in [0.2, 0.25) is 0 Å². The van der Waals surface area contributed by atoms with Gasteiger partial charge in [0, 0.05) is 18.0 Å². The summed E-state index contributed by atoms with van der Waals surface area (Å²) in [6.07, 6.45) is 1.16. The van der Waals surface area contributed by atoms with Crippen molar-refractivity contribution in [1.29, 1.82) is 0 Å². The van der Waals surface area contributed by atoms with E-state index in [1.54, 1.807) is 31.2 Å². The quantitative estimate of drug-likeness (QED) is 0.450. The largest absolute Gasteiger partial charge is 0.482 e. The van der Waals surface area contributed by atoms with Crippen molar-refractivity contribution < 1.29 is 23.9 Å². The Morgan fingerprint density at radius 1 is 0.967 bits per heavy atom. The summed E-state index contributed by atoms with van der Waals surface area (Å²) in [4.78, 5) is 35.8. The van der Waals surface area contributed by atoms with Crippen molar-refractivity contribution in [3.8, 4) is 5.75 Å². The zero-order valence-electron chi connectivity index (χ0n) is 17.7. The molecule has 0 radical (unpaired) electrons. The molecule has 1 N–H and O–H groups in total. The molecule has 0 spiro atoms. The molecular formula is C24H29NO5. The number of hydrogen-bond acceptors (Lipinski definition) is 5. The van der Waals surface area contributed by atoms with Gasteiger partial charge in [-0.15, -0.1) is 0 Å². The molecule has 0 aliphatic rings. The maximum atomic E-state index is 12.2. The maximum absolute atomic E-state index is 12.2. The third-order valence-electron chi connectivity index (χ3n) is 4.63. The number of hydrogen-bond donors (Lipinski definition) is 1. The maximum Gasteiger partial charge on any atom is 0.344 e. The molecule has 0 fully saturated rings. The Labute approximate surface area is 177 Å². The van der Waals surface area contributed by atoms with Gasteiger partial charge < -0.3 is 14.8 Å². The number of ether oxygens (including phenoxy) is 2. The van der Waals surface area contributed by atoms with Gasteiger partial charge in [-0.3, -0.25) is 9.59 Å². The fourth-order valence-corrected chi connectivity index (χ4v) is 2.83. The van der Waals surface area contributed by atoms with E-state index < -0.39 is 12.1 Å². The third kappa shape index (κ3) is 7.70. The number of carbonyl (C=O) groups excluding carboxylic acids is 3. The van der Waals surface area contributed by atoms with Crippen molar-refractivity contribution >= 4 is 17.7 Å². The second kappa shape index (κ2) is 11.8. The average molecular weight is 411 g/mol. The van der Waals surface area contributed by atoms with Gasteiger partial charge in [-0.05, 0) is 56.5 Å². The second-order valence-electron chi connectivity index (χ2n) is 7.16. The number of amides is 1. The number of Topliss-reactive ketones (excluding diaryl/α,β-unsaturated/α-hetero) is 1. The fraction of sp³-hybridized carbons (Fsp3) is 0.375. The van der Waals surface area contributed by atoms with Crippen LogP contribution < -0.4 is 10.1 Å². The zero-order valence-corrected chi connectivity index (χ0v) is 17.7. The number of carbonyl (C=O) groups is 3. The van der Waals surface area contributed by atoms with E-state index in [1.165, 1.54) is 12.5 Å². The lowest BCUT2D eigenvalue weighted by Gasteiger charge is -2.18. The molecule has 6 heteroatoms. The Hall–Kier alpha value is -3.15. The smallest absolute Gasteiger partial charge is 0.344 e. The number of nitrogens with one attached hydrogen (secondary N) is 1. The molecule has 2 aromatic rings. The predicted molar refractivity (Wildman–Crippen MR) is 114 cm³/mol. The normalized spacial score (nSPS) is 12.5. The van der Waals surface area contributed by atoms with Gasteiger partial charge in [-0.25, -0.2) is 4.79 Å². The lowest BCUT2D eigenvalue weighted by Crippen LogP contribution is -2.41. The molecule has 0 bridgehead atoms. The van der Waals surface area contributed by atoms with Gasteiger partial charge in [0.25, 0.3) is 5.91 Å². The van der Waals surface area contributed by atoms with Crippen LogP contribution in [0.3, 0.4) is 0 Å². The van der Waals surface area contributed by atoms with Crippen LogP contribution in [0.5, 0.6) is 5.75 Å². The van der Waals surface area contributed by atoms with Crippen molar-refractivity contribution in [3.63, 3.8) is 0 Å². The van der Waals surface area contributed by atoms with Crippen molar-refractivity contribution in [2.24, 2.45) is 0 Å². The van der Waals surface area contributed by atoms with Gasteiger partial charge in [-0.2, -0.15) is 0 Å². The highest BCUT2D eigenvalue weighted by Crippen LogP contribution is 2.13. The van der Waals surface area contributed by atoms with E-state index >= 15 is 0 Å². The summed E-state index contributed by atoms with van der Waals surface area (Å²) in [5.74, 6) is -0.486. The molecule has 0 saturated heterocycles. The van der Waals surface area contributed by atoms with Crippen molar-refractivity contribution in [2.45, 2.75) is 52.2 Å². The van der Waals surface area contributed by atoms with E-state index in [2.05, 4.69) is 5.32 Å². The molecule has 2 rings (SSSR count). The van der Waals surface area contributed by atoms with Crippen LogP contribution in [0.1, 0.15) is 49.5 Å². The Balaban J connectivity index is 1.71. The van der Waals surface area contributed by atoms with E-state index in [0.29, 0.717) is 17.7 Å². The summed E-state index contributed by atoms with van der Waals surface area (Å²) >= 11 is 0. The molecule has 6 nitrogen and oxygen atoms in total. The van der Waals surface area contributed by atoms with Crippen molar-refractivity contribution in [1.82, 2.24) is 5.32 Å². The highest BCUT2D eigenvalue weighted by Gasteiger charge is 2.19. The lowest BCUT2D eigenvalue weighted by atomic mass is 10.1. The number of rotatable bonds is 11. The van der Waals surface area contributed by atoms with Crippen LogP contribution in [0.2, 0.25) is 0 Å². The molecule has 0 aromatic heterocycles. The number of benzene rings is 2. The second-order valence-corrected chi connectivity index (χ2v) is 7.16. The van der Waals surface area contributed by atoms with Crippen LogP contribution >= 0.6 is 0 Å². The molecule has 0 saturated carbocycles. The van der Waals surface area contributed by atoms with E-state index in [1.807, 2.05) is 37.3 Å². The van der Waals surface area contributed by atoms with Crippen LogP contribution in [0, 0.1) is 0 Å². The van der Waals surface area contributed by atoms with Crippen LogP contribution in [0.4, 0.5) is 0 Å². The molecule has 2 aromatic carbocycles. The first-order valence-corrected chi connectivity index (χ1v) is 10.2. The van der Waals surface area contributed by atoms with Crippen LogP contribution in [-0.4, -0.2) is 36.4 Å². The molecule has 160 valence electrons. The standard InChI is InChI=1S/C24H29NO5/c1-4-22(26)20-12-14-21(15-13-20)29-16-23(27)30-18(3)24(28)25-17(2)10-11-19-8-6-5-7-9-19/h5-9,12-15,17-18H,4,10-11,16H2,1-3H3,(H,25,28)/t17-,18-/m1/s1. The number of ketones is 1. The highest BCUT2D eigenvalue weighted by atomic mass is 16.6. The minimum atomic E-state index is -0.912. The van der Waals surface area contributed by atoms with Gasteiger partial charge in [-0.1, -0.05) is 37.3 Å². The molecule has 2 atom stereocenters. The molecule has 0 heterocycles. The molecule has 30 heavy (non-hydrogen) atoms. The highest BCUT2D eigenvalue weighted by molar-refractivity contribution is 5.95. The monoisotopic (exact) mass is 411 g/mol. The van der Waals surface area contributed by atoms with E-state index in [4.69, 9.17) is 9.47 Å². The minimum absolute atomic E-state index is 0.0405. The summed E-state index contributed by atoms with van der Waals surface area (Å²) in [5, 5.41) is 2.86. The van der Waals surface area contributed by atoms with Gasteiger partial charge in [0.05, 0.1) is 0 Å². The average Bonchev–Trinajstić information content (AvgIpc) is 2.76.